The zero-order valence-electron chi connectivity index (χ0n) is 14.6. The molecule has 142 valence electrons. The SMILES string of the molecule is CSc1ncc(Cl)c(C(=O)OC(C(=O)N2CCOCC2)c2ccccc2)n1. The normalized spacial score (nSPS) is 15.3. The number of ether oxygens (including phenoxy) is 2. The third-order valence-electron chi connectivity index (χ3n) is 3.97. The molecule has 0 bridgehead atoms. The van der Waals surface area contributed by atoms with E-state index in [0.29, 0.717) is 37.0 Å². The summed E-state index contributed by atoms with van der Waals surface area (Å²) in [4.78, 5) is 35.4. The first-order valence-corrected chi connectivity index (χ1v) is 9.89. The summed E-state index contributed by atoms with van der Waals surface area (Å²) in [6.45, 7) is 1.81. The monoisotopic (exact) mass is 407 g/mol. The highest BCUT2D eigenvalue weighted by atomic mass is 35.5. The Labute approximate surface area is 166 Å². The van der Waals surface area contributed by atoms with Crippen LogP contribution in [0.5, 0.6) is 0 Å². The number of carbonyl (C=O) groups excluding carboxylic acids is 2. The number of hydrogen-bond acceptors (Lipinski definition) is 7. The van der Waals surface area contributed by atoms with Crippen LogP contribution in [0.25, 0.3) is 0 Å². The molecule has 0 N–H and O–H groups in total. The molecule has 1 fully saturated rings. The maximum absolute atomic E-state index is 13.0. The van der Waals surface area contributed by atoms with Gasteiger partial charge in [0.2, 0.25) is 6.10 Å². The molecule has 27 heavy (non-hydrogen) atoms. The van der Waals surface area contributed by atoms with Gasteiger partial charge < -0.3 is 14.4 Å². The van der Waals surface area contributed by atoms with Gasteiger partial charge >= 0.3 is 5.97 Å². The predicted molar refractivity (Wildman–Crippen MR) is 101 cm³/mol. The third-order valence-corrected chi connectivity index (χ3v) is 4.81. The van der Waals surface area contributed by atoms with E-state index in [0.717, 1.165) is 0 Å². The van der Waals surface area contributed by atoms with Crippen LogP contribution >= 0.6 is 23.4 Å². The molecule has 2 heterocycles. The number of hydrogen-bond donors (Lipinski definition) is 0. The van der Waals surface area contributed by atoms with Crippen LogP contribution in [0.2, 0.25) is 5.02 Å². The van der Waals surface area contributed by atoms with E-state index in [2.05, 4.69) is 9.97 Å². The van der Waals surface area contributed by atoms with Gasteiger partial charge in [-0.3, -0.25) is 4.79 Å². The molecule has 3 rings (SSSR count). The van der Waals surface area contributed by atoms with E-state index in [4.69, 9.17) is 21.1 Å². The average Bonchev–Trinajstić information content (AvgIpc) is 2.73. The minimum absolute atomic E-state index is 0.0632. The maximum atomic E-state index is 13.0. The molecule has 1 amide bonds. The second-order valence-electron chi connectivity index (χ2n) is 5.69. The number of benzene rings is 1. The van der Waals surface area contributed by atoms with Crippen LogP contribution in [0.15, 0.2) is 41.7 Å². The van der Waals surface area contributed by atoms with E-state index < -0.39 is 12.1 Å². The summed E-state index contributed by atoms with van der Waals surface area (Å²) in [5.41, 5.74) is 0.518. The lowest BCUT2D eigenvalue weighted by Gasteiger charge is -2.30. The lowest BCUT2D eigenvalue weighted by atomic mass is 10.1. The van der Waals surface area contributed by atoms with Crippen molar-refractivity contribution in [3.8, 4) is 0 Å². The number of amides is 1. The number of aromatic nitrogens is 2. The maximum Gasteiger partial charge on any atom is 0.359 e. The van der Waals surface area contributed by atoms with Crippen molar-refractivity contribution in [2.75, 3.05) is 32.6 Å². The number of carbonyl (C=O) groups is 2. The van der Waals surface area contributed by atoms with Gasteiger partial charge in [0.05, 0.1) is 24.4 Å². The second-order valence-corrected chi connectivity index (χ2v) is 6.87. The molecule has 0 aliphatic carbocycles. The predicted octanol–water partition coefficient (Wildman–Crippen LogP) is 2.61. The van der Waals surface area contributed by atoms with Gasteiger partial charge in [-0.2, -0.15) is 0 Å². The third kappa shape index (κ3) is 4.77. The Morgan fingerprint density at radius 2 is 1.96 bits per heavy atom. The van der Waals surface area contributed by atoms with Crippen LogP contribution < -0.4 is 0 Å². The molecule has 1 aromatic carbocycles. The van der Waals surface area contributed by atoms with Gasteiger partial charge in [-0.05, 0) is 6.26 Å². The van der Waals surface area contributed by atoms with E-state index in [9.17, 15) is 9.59 Å². The molecule has 0 saturated carbocycles. The molecule has 1 saturated heterocycles. The summed E-state index contributed by atoms with van der Waals surface area (Å²) in [6, 6.07) is 8.88. The topological polar surface area (TPSA) is 81.6 Å². The molecule has 1 aliphatic rings. The van der Waals surface area contributed by atoms with Crippen LogP contribution in [-0.4, -0.2) is 59.3 Å². The fourth-order valence-corrected chi connectivity index (χ4v) is 3.10. The van der Waals surface area contributed by atoms with Gasteiger partial charge in [-0.15, -0.1) is 0 Å². The minimum atomic E-state index is -1.08. The molecule has 1 atom stereocenters. The van der Waals surface area contributed by atoms with Gasteiger partial charge in [-0.25, -0.2) is 14.8 Å². The van der Waals surface area contributed by atoms with Crippen molar-refractivity contribution in [1.82, 2.24) is 14.9 Å². The molecule has 7 nitrogen and oxygen atoms in total. The van der Waals surface area contributed by atoms with Gasteiger partial charge in [-0.1, -0.05) is 53.7 Å². The van der Waals surface area contributed by atoms with Crippen LogP contribution in [-0.2, 0) is 14.3 Å². The molecule has 1 unspecified atom stereocenters. The number of esters is 1. The summed E-state index contributed by atoms with van der Waals surface area (Å²) in [7, 11) is 0. The van der Waals surface area contributed by atoms with Gasteiger partial charge in [0.25, 0.3) is 5.91 Å². The van der Waals surface area contributed by atoms with Crippen molar-refractivity contribution in [3.63, 3.8) is 0 Å². The van der Waals surface area contributed by atoms with Crippen molar-refractivity contribution in [2.45, 2.75) is 11.3 Å². The Hall–Kier alpha value is -2.16. The second kappa shape index (κ2) is 9.16. The fourth-order valence-electron chi connectivity index (χ4n) is 2.59. The van der Waals surface area contributed by atoms with Gasteiger partial charge in [0, 0.05) is 18.7 Å². The number of thioether (sulfide) groups is 1. The van der Waals surface area contributed by atoms with Crippen LogP contribution in [0.1, 0.15) is 22.2 Å². The molecule has 1 aliphatic heterocycles. The quantitative estimate of drug-likeness (QED) is 0.428. The summed E-state index contributed by atoms with van der Waals surface area (Å²) < 4.78 is 10.9. The van der Waals surface area contributed by atoms with Crippen molar-refractivity contribution < 1.29 is 19.1 Å². The smallest absolute Gasteiger partial charge is 0.359 e. The van der Waals surface area contributed by atoms with Crippen LogP contribution in [0, 0.1) is 0 Å². The van der Waals surface area contributed by atoms with E-state index in [1.807, 2.05) is 6.07 Å². The van der Waals surface area contributed by atoms with Crippen molar-refractivity contribution in [3.05, 3.63) is 52.8 Å². The van der Waals surface area contributed by atoms with Gasteiger partial charge in [0.1, 0.15) is 0 Å². The lowest BCUT2D eigenvalue weighted by molar-refractivity contribution is -0.145. The first kappa shape index (κ1) is 19.6. The van der Waals surface area contributed by atoms with Crippen LogP contribution in [0.3, 0.4) is 0 Å². The average molecular weight is 408 g/mol. The molecule has 0 spiro atoms. The van der Waals surface area contributed by atoms with E-state index in [1.165, 1.54) is 18.0 Å². The highest BCUT2D eigenvalue weighted by Gasteiger charge is 2.31. The molecule has 2 aromatic rings. The van der Waals surface area contributed by atoms with Crippen molar-refractivity contribution in [2.24, 2.45) is 0 Å². The van der Waals surface area contributed by atoms with Gasteiger partial charge in [0.15, 0.2) is 10.9 Å². The molecule has 0 radical (unpaired) electrons. The summed E-state index contributed by atoms with van der Waals surface area (Å²) in [6.07, 6.45) is 2.05. The Morgan fingerprint density at radius 1 is 1.26 bits per heavy atom. The highest BCUT2D eigenvalue weighted by Crippen LogP contribution is 2.24. The number of morpholine rings is 1. The Morgan fingerprint density at radius 3 is 2.63 bits per heavy atom. The Balaban J connectivity index is 1.87. The largest absolute Gasteiger partial charge is 0.443 e. The Bertz CT molecular complexity index is 816. The zero-order valence-corrected chi connectivity index (χ0v) is 16.2. The Kier molecular flexibility index (Phi) is 6.65. The lowest BCUT2D eigenvalue weighted by Crippen LogP contribution is -2.44. The standard InChI is InChI=1S/C18H18ClN3O4S/c1-27-18-20-11-13(19)14(21-18)17(24)26-15(12-5-3-2-4-6-12)16(23)22-7-9-25-10-8-22/h2-6,11,15H,7-10H2,1H3. The molecular weight excluding hydrogens is 390 g/mol. The summed E-state index contributed by atoms with van der Waals surface area (Å²) in [5.74, 6) is -1.07. The highest BCUT2D eigenvalue weighted by molar-refractivity contribution is 7.98. The first-order chi connectivity index (χ1) is 13.1. The van der Waals surface area contributed by atoms with Crippen molar-refractivity contribution in [1.29, 1.82) is 0 Å². The van der Waals surface area contributed by atoms with E-state index in [-0.39, 0.29) is 16.6 Å². The van der Waals surface area contributed by atoms with E-state index >= 15 is 0 Å². The van der Waals surface area contributed by atoms with E-state index in [1.54, 1.807) is 35.4 Å². The molecule has 9 heteroatoms. The minimum Gasteiger partial charge on any atom is -0.443 e. The van der Waals surface area contributed by atoms with Crippen molar-refractivity contribution >= 4 is 35.2 Å². The summed E-state index contributed by atoms with van der Waals surface area (Å²) >= 11 is 7.33. The fraction of sp³-hybridized carbons (Fsp3) is 0.333. The van der Waals surface area contributed by atoms with Crippen LogP contribution in [0.4, 0.5) is 0 Å². The number of nitrogens with zero attached hydrogens (tertiary/aromatic N) is 3. The zero-order chi connectivity index (χ0) is 19.2. The number of rotatable bonds is 5. The summed E-state index contributed by atoms with van der Waals surface area (Å²) in [5, 5.41) is 0.463. The first-order valence-electron chi connectivity index (χ1n) is 8.29. The molecule has 1 aromatic heterocycles. The number of halogens is 1. The molecular formula is C18H18ClN3O4S.